The van der Waals surface area contributed by atoms with Crippen molar-refractivity contribution in [3.63, 3.8) is 0 Å². The van der Waals surface area contributed by atoms with Crippen molar-refractivity contribution in [2.24, 2.45) is 0 Å². The van der Waals surface area contributed by atoms with Crippen LogP contribution in [0.3, 0.4) is 0 Å². The molecule has 1 aromatic carbocycles. The smallest absolute Gasteiger partial charge is 0.203 e. The molecule has 0 aliphatic rings. The van der Waals surface area contributed by atoms with E-state index >= 15 is 0 Å². The van der Waals surface area contributed by atoms with Gasteiger partial charge >= 0.3 is 0 Å². The quantitative estimate of drug-likeness (QED) is 0.841. The molecule has 4 heteroatoms. The van der Waals surface area contributed by atoms with Crippen molar-refractivity contribution < 1.29 is 0 Å². The van der Waals surface area contributed by atoms with Gasteiger partial charge in [-0.15, -0.1) is 10.2 Å². The molecule has 2 aromatic rings. The fraction of sp³-hybridized carbons (Fsp3) is 0.0909. The maximum Gasteiger partial charge on any atom is 0.203 e. The first kappa shape index (κ1) is 9.86. The zero-order valence-corrected chi connectivity index (χ0v) is 9.16. The van der Waals surface area contributed by atoms with Crippen LogP contribution in [0.4, 0.5) is 5.13 Å². The molecule has 0 bridgehead atoms. The third-order valence-electron chi connectivity index (χ3n) is 1.96. The van der Waals surface area contributed by atoms with Crippen LogP contribution in [0.25, 0.3) is 11.6 Å². The molecule has 1 heterocycles. The monoisotopic (exact) mass is 217 g/mol. The predicted octanol–water partition coefficient (Wildman–Crippen LogP) is 2.68. The third kappa shape index (κ3) is 2.41. The minimum atomic E-state index is 0.505. The summed E-state index contributed by atoms with van der Waals surface area (Å²) in [6.45, 7) is 2.01. The molecule has 0 amide bonds. The van der Waals surface area contributed by atoms with Gasteiger partial charge in [0, 0.05) is 0 Å². The van der Waals surface area contributed by atoms with Crippen molar-refractivity contribution in [2.75, 3.05) is 5.73 Å². The van der Waals surface area contributed by atoms with E-state index in [0.717, 1.165) is 16.1 Å². The molecule has 1 aromatic heterocycles. The van der Waals surface area contributed by atoms with Crippen molar-refractivity contribution in [1.29, 1.82) is 0 Å². The average Bonchev–Trinajstić information content (AvgIpc) is 2.66. The van der Waals surface area contributed by atoms with Gasteiger partial charge in [-0.05, 0) is 24.1 Å². The molecule has 2 rings (SSSR count). The molecule has 15 heavy (non-hydrogen) atoms. The van der Waals surface area contributed by atoms with Crippen molar-refractivity contribution >= 4 is 28.1 Å². The maximum absolute atomic E-state index is 5.53. The number of nitrogens with zero attached hydrogens (tertiary/aromatic N) is 2. The predicted molar refractivity (Wildman–Crippen MR) is 64.3 cm³/mol. The molecule has 0 aliphatic carbocycles. The zero-order valence-electron chi connectivity index (χ0n) is 8.34. The highest BCUT2D eigenvalue weighted by molar-refractivity contribution is 7.16. The van der Waals surface area contributed by atoms with Gasteiger partial charge in [-0.1, -0.05) is 41.7 Å². The Morgan fingerprint density at radius 3 is 2.60 bits per heavy atom. The summed E-state index contributed by atoms with van der Waals surface area (Å²) >= 11 is 1.40. The van der Waals surface area contributed by atoms with Crippen LogP contribution in [-0.2, 0) is 0 Å². The summed E-state index contributed by atoms with van der Waals surface area (Å²) in [6, 6.07) is 10.1. The van der Waals surface area contributed by atoms with Crippen LogP contribution in [0.5, 0.6) is 0 Å². The lowest BCUT2D eigenvalue weighted by Crippen LogP contribution is -1.80. The standard InChI is InChI=1S/C11H11N3S/c1-8(10-13-14-11(12)15-10)7-9-5-3-2-4-6-9/h2-7H,1H3,(H2,12,14)/b8-7+. The number of benzene rings is 1. The van der Waals surface area contributed by atoms with E-state index in [1.807, 2.05) is 37.3 Å². The van der Waals surface area contributed by atoms with Crippen LogP contribution in [-0.4, -0.2) is 10.2 Å². The van der Waals surface area contributed by atoms with E-state index in [-0.39, 0.29) is 0 Å². The highest BCUT2D eigenvalue weighted by Crippen LogP contribution is 2.21. The molecule has 0 radical (unpaired) electrons. The van der Waals surface area contributed by atoms with Crippen LogP contribution in [0.2, 0.25) is 0 Å². The van der Waals surface area contributed by atoms with Gasteiger partial charge in [0.15, 0.2) is 0 Å². The molecule has 76 valence electrons. The molecule has 0 saturated carbocycles. The fourth-order valence-corrected chi connectivity index (χ4v) is 1.84. The van der Waals surface area contributed by atoms with Crippen molar-refractivity contribution in [3.05, 3.63) is 40.9 Å². The van der Waals surface area contributed by atoms with Crippen molar-refractivity contribution in [1.82, 2.24) is 10.2 Å². The number of hydrogen-bond donors (Lipinski definition) is 1. The van der Waals surface area contributed by atoms with Crippen molar-refractivity contribution in [3.8, 4) is 0 Å². The molecular formula is C11H11N3S. The first-order chi connectivity index (χ1) is 7.25. The number of rotatable bonds is 2. The van der Waals surface area contributed by atoms with Gasteiger partial charge in [-0.2, -0.15) is 0 Å². The Morgan fingerprint density at radius 2 is 2.00 bits per heavy atom. The molecule has 0 unspecified atom stereocenters. The molecule has 0 fully saturated rings. The molecule has 2 N–H and O–H groups in total. The van der Waals surface area contributed by atoms with Gasteiger partial charge in [0.1, 0.15) is 5.01 Å². The Bertz CT molecular complexity index is 474. The van der Waals surface area contributed by atoms with Crippen molar-refractivity contribution in [2.45, 2.75) is 6.92 Å². The van der Waals surface area contributed by atoms with Crippen LogP contribution in [0.15, 0.2) is 30.3 Å². The van der Waals surface area contributed by atoms with Gasteiger partial charge in [-0.3, -0.25) is 0 Å². The Hall–Kier alpha value is -1.68. The molecule has 0 saturated heterocycles. The second kappa shape index (κ2) is 4.23. The number of anilines is 1. The number of aromatic nitrogens is 2. The Balaban J connectivity index is 2.28. The van der Waals surface area contributed by atoms with E-state index in [9.17, 15) is 0 Å². The second-order valence-electron chi connectivity index (χ2n) is 3.18. The minimum Gasteiger partial charge on any atom is -0.374 e. The molecular weight excluding hydrogens is 206 g/mol. The summed E-state index contributed by atoms with van der Waals surface area (Å²) in [7, 11) is 0. The van der Waals surface area contributed by atoms with E-state index in [1.165, 1.54) is 11.3 Å². The summed E-state index contributed by atoms with van der Waals surface area (Å²) < 4.78 is 0. The van der Waals surface area contributed by atoms with E-state index < -0.39 is 0 Å². The van der Waals surface area contributed by atoms with Gasteiger partial charge in [0.05, 0.1) is 0 Å². The van der Waals surface area contributed by atoms with Crippen LogP contribution >= 0.6 is 11.3 Å². The van der Waals surface area contributed by atoms with Gasteiger partial charge in [-0.25, -0.2) is 0 Å². The Kier molecular flexibility index (Phi) is 2.78. The Morgan fingerprint density at radius 1 is 1.27 bits per heavy atom. The number of nitrogens with two attached hydrogens (primary N) is 1. The average molecular weight is 217 g/mol. The molecule has 0 spiro atoms. The Labute approximate surface area is 92.3 Å². The fourth-order valence-electron chi connectivity index (χ4n) is 1.25. The molecule has 0 atom stereocenters. The summed E-state index contributed by atoms with van der Waals surface area (Å²) in [5.74, 6) is 0. The van der Waals surface area contributed by atoms with E-state index in [1.54, 1.807) is 0 Å². The normalized spacial score (nSPS) is 11.7. The third-order valence-corrected chi connectivity index (χ3v) is 2.85. The van der Waals surface area contributed by atoms with Crippen LogP contribution in [0.1, 0.15) is 17.5 Å². The lowest BCUT2D eigenvalue weighted by atomic mass is 10.1. The van der Waals surface area contributed by atoms with Crippen LogP contribution < -0.4 is 5.73 Å². The van der Waals surface area contributed by atoms with Gasteiger partial charge in [0.2, 0.25) is 5.13 Å². The number of hydrogen-bond acceptors (Lipinski definition) is 4. The zero-order chi connectivity index (χ0) is 10.7. The first-order valence-electron chi connectivity index (χ1n) is 4.58. The topological polar surface area (TPSA) is 51.8 Å². The first-order valence-corrected chi connectivity index (χ1v) is 5.40. The van der Waals surface area contributed by atoms with E-state index in [4.69, 9.17) is 5.73 Å². The summed E-state index contributed by atoms with van der Waals surface area (Å²) in [4.78, 5) is 0. The molecule has 3 nitrogen and oxygen atoms in total. The van der Waals surface area contributed by atoms with E-state index in [2.05, 4.69) is 16.3 Å². The number of allylic oxidation sites excluding steroid dienone is 1. The van der Waals surface area contributed by atoms with Crippen LogP contribution in [0, 0.1) is 0 Å². The lowest BCUT2D eigenvalue weighted by Gasteiger charge is -1.95. The number of nitrogen functional groups attached to an aromatic ring is 1. The van der Waals surface area contributed by atoms with E-state index in [0.29, 0.717) is 5.13 Å². The minimum absolute atomic E-state index is 0.505. The summed E-state index contributed by atoms with van der Waals surface area (Å²) in [5.41, 5.74) is 7.76. The second-order valence-corrected chi connectivity index (χ2v) is 4.19. The SMILES string of the molecule is C/C(=C\c1ccccc1)c1nnc(N)s1. The van der Waals surface area contributed by atoms with Gasteiger partial charge in [0.25, 0.3) is 0 Å². The maximum atomic E-state index is 5.53. The highest BCUT2D eigenvalue weighted by atomic mass is 32.1. The largest absolute Gasteiger partial charge is 0.374 e. The highest BCUT2D eigenvalue weighted by Gasteiger charge is 2.02. The lowest BCUT2D eigenvalue weighted by molar-refractivity contribution is 1.08. The summed E-state index contributed by atoms with van der Waals surface area (Å²) in [5, 5.41) is 9.15. The molecule has 0 aliphatic heterocycles. The summed E-state index contributed by atoms with van der Waals surface area (Å²) in [6.07, 6.45) is 2.07. The van der Waals surface area contributed by atoms with Gasteiger partial charge < -0.3 is 5.73 Å².